The molecular formula is C11H24N2O. The summed E-state index contributed by atoms with van der Waals surface area (Å²) in [5.41, 5.74) is -0.349. The Hall–Kier alpha value is -0.410. The summed E-state index contributed by atoms with van der Waals surface area (Å²) in [6.07, 6.45) is 1.00. The Balaban J connectivity index is 3.96. The molecule has 0 aromatic carbocycles. The van der Waals surface area contributed by atoms with E-state index in [9.17, 15) is 4.79 Å². The van der Waals surface area contributed by atoms with Crippen molar-refractivity contribution >= 4 is 6.29 Å². The van der Waals surface area contributed by atoms with Crippen LogP contribution in [0.5, 0.6) is 0 Å². The molecule has 0 unspecified atom stereocenters. The predicted octanol–water partition coefficient (Wildman–Crippen LogP) is 1.24. The molecule has 0 bridgehead atoms. The second-order valence-electron chi connectivity index (χ2n) is 4.77. The molecule has 0 amide bonds. The summed E-state index contributed by atoms with van der Waals surface area (Å²) < 4.78 is 0. The van der Waals surface area contributed by atoms with E-state index in [0.29, 0.717) is 6.04 Å². The van der Waals surface area contributed by atoms with Gasteiger partial charge in [-0.05, 0) is 41.8 Å². The summed E-state index contributed by atoms with van der Waals surface area (Å²) in [6, 6.07) is 0.558. The first-order valence-corrected chi connectivity index (χ1v) is 5.19. The van der Waals surface area contributed by atoms with Crippen LogP contribution in [0.3, 0.4) is 0 Å². The Labute approximate surface area is 88.1 Å². The van der Waals surface area contributed by atoms with Gasteiger partial charge in [0, 0.05) is 19.1 Å². The van der Waals surface area contributed by atoms with Crippen LogP contribution < -0.4 is 0 Å². The highest BCUT2D eigenvalue weighted by Crippen LogP contribution is 2.08. The van der Waals surface area contributed by atoms with Crippen LogP contribution in [0.4, 0.5) is 0 Å². The summed E-state index contributed by atoms with van der Waals surface area (Å²) in [5, 5.41) is 0. The molecule has 3 heteroatoms. The third kappa shape index (κ3) is 4.20. The van der Waals surface area contributed by atoms with E-state index in [1.165, 1.54) is 0 Å². The van der Waals surface area contributed by atoms with E-state index in [4.69, 9.17) is 0 Å². The maximum Gasteiger partial charge on any atom is 0.139 e. The molecule has 0 aromatic heterocycles. The minimum absolute atomic E-state index is 0.349. The Morgan fingerprint density at radius 2 is 1.71 bits per heavy atom. The number of rotatable bonds is 6. The second kappa shape index (κ2) is 5.47. The van der Waals surface area contributed by atoms with Crippen LogP contribution in [0.15, 0.2) is 0 Å². The molecule has 0 radical (unpaired) electrons. The van der Waals surface area contributed by atoms with Crippen molar-refractivity contribution in [3.05, 3.63) is 0 Å². The van der Waals surface area contributed by atoms with Crippen molar-refractivity contribution in [1.82, 2.24) is 9.80 Å². The molecular weight excluding hydrogens is 176 g/mol. The molecule has 3 nitrogen and oxygen atoms in total. The highest BCUT2D eigenvalue weighted by Gasteiger charge is 2.22. The van der Waals surface area contributed by atoms with Gasteiger partial charge in [-0.25, -0.2) is 0 Å². The number of aldehydes is 1. The van der Waals surface area contributed by atoms with E-state index < -0.39 is 0 Å². The summed E-state index contributed by atoms with van der Waals surface area (Å²) in [6.45, 7) is 10.1. The first kappa shape index (κ1) is 13.6. The normalized spacial score (nSPS) is 12.9. The predicted molar refractivity (Wildman–Crippen MR) is 60.5 cm³/mol. The first-order valence-electron chi connectivity index (χ1n) is 5.19. The lowest BCUT2D eigenvalue weighted by atomic mass is 10.1. The van der Waals surface area contributed by atoms with Crippen molar-refractivity contribution in [3.8, 4) is 0 Å². The minimum Gasteiger partial charge on any atom is -0.303 e. The smallest absolute Gasteiger partial charge is 0.139 e. The van der Waals surface area contributed by atoms with Gasteiger partial charge in [0.05, 0.1) is 5.54 Å². The van der Waals surface area contributed by atoms with Crippen LogP contribution in [-0.4, -0.2) is 54.9 Å². The number of carbonyl (C=O) groups is 1. The molecule has 0 saturated heterocycles. The average Bonchev–Trinajstić information content (AvgIpc) is 2.13. The van der Waals surface area contributed by atoms with Crippen molar-refractivity contribution in [2.24, 2.45) is 0 Å². The van der Waals surface area contributed by atoms with Crippen molar-refractivity contribution in [2.45, 2.75) is 39.3 Å². The van der Waals surface area contributed by atoms with Crippen LogP contribution in [0.2, 0.25) is 0 Å². The molecule has 0 aliphatic heterocycles. The molecule has 0 spiro atoms. The van der Waals surface area contributed by atoms with E-state index >= 15 is 0 Å². The van der Waals surface area contributed by atoms with Gasteiger partial charge in [0.15, 0.2) is 0 Å². The lowest BCUT2D eigenvalue weighted by Crippen LogP contribution is -2.46. The van der Waals surface area contributed by atoms with Gasteiger partial charge >= 0.3 is 0 Å². The monoisotopic (exact) mass is 200 g/mol. The zero-order chi connectivity index (χ0) is 11.4. The molecule has 0 fully saturated rings. The van der Waals surface area contributed by atoms with Crippen LogP contribution >= 0.6 is 0 Å². The van der Waals surface area contributed by atoms with Crippen LogP contribution in [0, 0.1) is 0 Å². The van der Waals surface area contributed by atoms with Gasteiger partial charge in [0.1, 0.15) is 6.29 Å². The van der Waals surface area contributed by atoms with Gasteiger partial charge in [-0.3, -0.25) is 4.90 Å². The fourth-order valence-corrected chi connectivity index (χ4v) is 0.944. The zero-order valence-corrected chi connectivity index (χ0v) is 10.4. The highest BCUT2D eigenvalue weighted by atomic mass is 16.1. The van der Waals surface area contributed by atoms with E-state index in [2.05, 4.69) is 30.7 Å². The molecule has 0 rings (SSSR count). The molecule has 0 heterocycles. The summed E-state index contributed by atoms with van der Waals surface area (Å²) in [5.74, 6) is 0. The topological polar surface area (TPSA) is 23.6 Å². The Morgan fingerprint density at radius 3 is 2.07 bits per heavy atom. The molecule has 84 valence electrons. The standard InChI is InChI=1S/C11H24N2O/c1-10(2)12(5)7-8-13(6)11(3,4)9-14/h9-10H,7-8H2,1-6H3. The van der Waals surface area contributed by atoms with Crippen LogP contribution in [-0.2, 0) is 4.79 Å². The van der Waals surface area contributed by atoms with Crippen molar-refractivity contribution in [1.29, 1.82) is 0 Å². The largest absolute Gasteiger partial charge is 0.303 e. The van der Waals surface area contributed by atoms with Gasteiger partial charge < -0.3 is 9.69 Å². The molecule has 0 aliphatic rings. The Bertz CT molecular complexity index is 178. The van der Waals surface area contributed by atoms with E-state index in [0.717, 1.165) is 19.4 Å². The van der Waals surface area contributed by atoms with Gasteiger partial charge in [-0.1, -0.05) is 0 Å². The van der Waals surface area contributed by atoms with Crippen LogP contribution in [0.1, 0.15) is 27.7 Å². The Kier molecular flexibility index (Phi) is 5.31. The number of nitrogens with zero attached hydrogens (tertiary/aromatic N) is 2. The van der Waals surface area contributed by atoms with E-state index in [-0.39, 0.29) is 5.54 Å². The fourth-order valence-electron chi connectivity index (χ4n) is 0.944. The van der Waals surface area contributed by atoms with E-state index in [1.807, 2.05) is 20.9 Å². The summed E-state index contributed by atoms with van der Waals surface area (Å²) >= 11 is 0. The maximum absolute atomic E-state index is 10.8. The maximum atomic E-state index is 10.8. The molecule has 0 aromatic rings. The van der Waals surface area contributed by atoms with Gasteiger partial charge in [-0.2, -0.15) is 0 Å². The number of carbonyl (C=O) groups excluding carboxylic acids is 1. The average molecular weight is 200 g/mol. The molecule has 0 saturated carbocycles. The number of hydrogen-bond donors (Lipinski definition) is 0. The third-order valence-corrected chi connectivity index (χ3v) is 2.94. The van der Waals surface area contributed by atoms with Crippen molar-refractivity contribution < 1.29 is 4.79 Å². The number of hydrogen-bond acceptors (Lipinski definition) is 3. The molecule has 0 N–H and O–H groups in total. The second-order valence-corrected chi connectivity index (χ2v) is 4.77. The molecule has 0 aliphatic carbocycles. The fraction of sp³-hybridized carbons (Fsp3) is 0.909. The SMILES string of the molecule is CC(C)N(C)CCN(C)C(C)(C)C=O. The summed E-state index contributed by atoms with van der Waals surface area (Å²) in [7, 11) is 4.09. The van der Waals surface area contributed by atoms with Crippen molar-refractivity contribution in [2.75, 3.05) is 27.2 Å². The van der Waals surface area contributed by atoms with Gasteiger partial charge in [0.25, 0.3) is 0 Å². The summed E-state index contributed by atoms with van der Waals surface area (Å²) in [4.78, 5) is 15.1. The molecule has 0 atom stereocenters. The van der Waals surface area contributed by atoms with E-state index in [1.54, 1.807) is 0 Å². The van der Waals surface area contributed by atoms with Gasteiger partial charge in [-0.15, -0.1) is 0 Å². The van der Waals surface area contributed by atoms with Crippen LogP contribution in [0.25, 0.3) is 0 Å². The quantitative estimate of drug-likeness (QED) is 0.603. The third-order valence-electron chi connectivity index (χ3n) is 2.94. The Morgan fingerprint density at radius 1 is 1.21 bits per heavy atom. The molecule has 14 heavy (non-hydrogen) atoms. The lowest BCUT2D eigenvalue weighted by molar-refractivity contribution is -0.116. The number of likely N-dealkylation sites (N-methyl/N-ethyl adjacent to an activating group) is 2. The lowest BCUT2D eigenvalue weighted by Gasteiger charge is -2.32. The van der Waals surface area contributed by atoms with Gasteiger partial charge in [0.2, 0.25) is 0 Å². The minimum atomic E-state index is -0.349. The van der Waals surface area contributed by atoms with Crippen molar-refractivity contribution in [3.63, 3.8) is 0 Å². The zero-order valence-electron chi connectivity index (χ0n) is 10.4. The highest BCUT2D eigenvalue weighted by molar-refractivity contribution is 5.62. The first-order chi connectivity index (χ1) is 6.31.